The number of carbonyl (C=O) groups is 2. The van der Waals surface area contributed by atoms with Crippen molar-refractivity contribution < 1.29 is 86.9 Å². The summed E-state index contributed by atoms with van der Waals surface area (Å²) in [5.74, 6) is -2.85. The van der Waals surface area contributed by atoms with Gasteiger partial charge in [-0.25, -0.2) is 4.79 Å². The van der Waals surface area contributed by atoms with Gasteiger partial charge in [-0.15, -0.1) is 0 Å². The quantitative estimate of drug-likeness (QED) is 0.377. The van der Waals surface area contributed by atoms with E-state index in [1.807, 2.05) is 0 Å². The zero-order valence-corrected chi connectivity index (χ0v) is 10.4. The zero-order chi connectivity index (χ0) is 7.44. The van der Waals surface area contributed by atoms with Gasteiger partial charge in [-0.2, -0.15) is 0 Å². The van der Waals surface area contributed by atoms with Crippen molar-refractivity contribution in [2.45, 2.75) is 12.5 Å². The molecule has 1 atom stereocenters. The topological polar surface area (TPSA) is 94.8 Å². The SMILES string of the molecule is O=C(O)CC(O)C(=O)O.[H-].[H-].[Na+].[Na+]. The molecular formula is C4H8Na2O5. The summed E-state index contributed by atoms with van der Waals surface area (Å²) in [5, 5.41) is 24.1. The molecule has 56 valence electrons. The van der Waals surface area contributed by atoms with Gasteiger partial charge in [-0.3, -0.25) is 4.79 Å². The Hall–Kier alpha value is 0.900. The summed E-state index contributed by atoms with van der Waals surface area (Å²) in [6, 6.07) is 0. The van der Waals surface area contributed by atoms with E-state index in [1.165, 1.54) is 0 Å². The van der Waals surface area contributed by atoms with Crippen molar-refractivity contribution >= 4 is 11.9 Å². The van der Waals surface area contributed by atoms with Crippen LogP contribution in [0.5, 0.6) is 0 Å². The Labute approximate surface area is 110 Å². The Balaban J connectivity index is -0.0000000533. The van der Waals surface area contributed by atoms with Crippen LogP contribution in [-0.2, 0) is 9.59 Å². The predicted molar refractivity (Wildman–Crippen MR) is 28.1 cm³/mol. The van der Waals surface area contributed by atoms with E-state index >= 15 is 0 Å². The first-order chi connectivity index (χ1) is 4.04. The van der Waals surface area contributed by atoms with E-state index in [0.717, 1.165) is 0 Å². The number of aliphatic hydroxyl groups is 1. The maximum Gasteiger partial charge on any atom is 1.00 e. The van der Waals surface area contributed by atoms with E-state index < -0.39 is 24.5 Å². The van der Waals surface area contributed by atoms with E-state index in [1.54, 1.807) is 0 Å². The Morgan fingerprint density at radius 1 is 1.27 bits per heavy atom. The number of hydrogen-bond donors (Lipinski definition) is 3. The van der Waals surface area contributed by atoms with Crippen molar-refractivity contribution in [1.82, 2.24) is 0 Å². The molecule has 0 bridgehead atoms. The van der Waals surface area contributed by atoms with Gasteiger partial charge < -0.3 is 18.2 Å². The smallest absolute Gasteiger partial charge is 1.00 e. The van der Waals surface area contributed by atoms with Gasteiger partial charge in [-0.05, 0) is 0 Å². The summed E-state index contributed by atoms with van der Waals surface area (Å²) in [7, 11) is 0. The van der Waals surface area contributed by atoms with Crippen LogP contribution < -0.4 is 59.1 Å². The van der Waals surface area contributed by atoms with Gasteiger partial charge in [-0.1, -0.05) is 0 Å². The maximum atomic E-state index is 9.72. The van der Waals surface area contributed by atoms with Crippen LogP contribution in [0.4, 0.5) is 0 Å². The van der Waals surface area contributed by atoms with Crippen molar-refractivity contribution in [3.05, 3.63) is 0 Å². The molecule has 0 aliphatic carbocycles. The van der Waals surface area contributed by atoms with Gasteiger partial charge >= 0.3 is 71.1 Å². The summed E-state index contributed by atoms with van der Waals surface area (Å²) >= 11 is 0. The van der Waals surface area contributed by atoms with Crippen molar-refractivity contribution in [1.29, 1.82) is 0 Å². The van der Waals surface area contributed by atoms with Crippen LogP contribution in [0.25, 0.3) is 0 Å². The fourth-order valence-corrected chi connectivity index (χ4v) is 0.253. The summed E-state index contributed by atoms with van der Waals surface area (Å²) in [6.07, 6.45) is -2.54. The first kappa shape index (κ1) is 17.8. The van der Waals surface area contributed by atoms with Gasteiger partial charge in [0.2, 0.25) is 0 Å². The molecule has 0 fully saturated rings. The van der Waals surface area contributed by atoms with Crippen molar-refractivity contribution in [3.8, 4) is 0 Å². The second kappa shape index (κ2) is 8.99. The minimum Gasteiger partial charge on any atom is -1.00 e. The molecule has 0 saturated carbocycles. The van der Waals surface area contributed by atoms with Crippen molar-refractivity contribution in [3.63, 3.8) is 0 Å². The van der Waals surface area contributed by atoms with Gasteiger partial charge in [0.15, 0.2) is 6.10 Å². The molecule has 0 radical (unpaired) electrons. The fraction of sp³-hybridized carbons (Fsp3) is 0.500. The average Bonchev–Trinajstić information content (AvgIpc) is 1.63. The molecule has 0 saturated heterocycles. The first-order valence-corrected chi connectivity index (χ1v) is 2.16. The predicted octanol–water partition coefficient (Wildman–Crippen LogP) is -6.86. The summed E-state index contributed by atoms with van der Waals surface area (Å²) in [6.45, 7) is 0. The fourth-order valence-electron chi connectivity index (χ4n) is 0.253. The van der Waals surface area contributed by atoms with Crippen molar-refractivity contribution in [2.24, 2.45) is 0 Å². The minimum atomic E-state index is -1.79. The Morgan fingerprint density at radius 3 is 1.73 bits per heavy atom. The summed E-state index contributed by atoms with van der Waals surface area (Å²) in [5.41, 5.74) is 0. The first-order valence-electron chi connectivity index (χ1n) is 2.16. The van der Waals surface area contributed by atoms with Gasteiger partial charge in [0.1, 0.15) is 0 Å². The number of hydrogen-bond acceptors (Lipinski definition) is 3. The normalized spacial score (nSPS) is 10.3. The molecule has 1 unspecified atom stereocenters. The maximum absolute atomic E-state index is 9.72. The number of aliphatic hydroxyl groups excluding tert-OH is 1. The van der Waals surface area contributed by atoms with Crippen LogP contribution in [0.2, 0.25) is 0 Å². The van der Waals surface area contributed by atoms with Crippen LogP contribution in [0.3, 0.4) is 0 Å². The monoisotopic (exact) mass is 182 g/mol. The molecule has 0 heterocycles. The number of carboxylic acids is 2. The van der Waals surface area contributed by atoms with Crippen LogP contribution >= 0.6 is 0 Å². The molecule has 0 amide bonds. The molecule has 0 aromatic rings. The molecule has 0 rings (SSSR count). The third kappa shape index (κ3) is 10.9. The Bertz CT molecular complexity index is 144. The van der Waals surface area contributed by atoms with E-state index in [-0.39, 0.29) is 62.0 Å². The summed E-state index contributed by atoms with van der Waals surface area (Å²) in [4.78, 5) is 19.4. The van der Waals surface area contributed by atoms with E-state index in [2.05, 4.69) is 0 Å². The second-order valence-electron chi connectivity index (χ2n) is 1.45. The molecule has 3 N–H and O–H groups in total. The van der Waals surface area contributed by atoms with Gasteiger partial charge in [0.05, 0.1) is 6.42 Å². The number of carboxylic acid groups (broad SMARTS) is 2. The van der Waals surface area contributed by atoms with Gasteiger partial charge in [0, 0.05) is 0 Å². The molecule has 0 aromatic carbocycles. The molecule has 0 aliphatic rings. The molecule has 0 spiro atoms. The molecule has 0 aromatic heterocycles. The van der Waals surface area contributed by atoms with Crippen LogP contribution in [-0.4, -0.2) is 33.4 Å². The van der Waals surface area contributed by atoms with E-state index in [4.69, 9.17) is 15.3 Å². The molecule has 0 aliphatic heterocycles. The molecule has 5 nitrogen and oxygen atoms in total. The number of aliphatic carboxylic acids is 2. The van der Waals surface area contributed by atoms with E-state index in [0.29, 0.717) is 0 Å². The van der Waals surface area contributed by atoms with Crippen molar-refractivity contribution in [2.75, 3.05) is 0 Å². The standard InChI is InChI=1S/C4H6O5.2Na.2H/c5-2(4(8)9)1-3(6)7;;;;/h2,5H,1H2,(H,6,7)(H,8,9);;;;/q;2*+1;2*-1. The minimum absolute atomic E-state index is 0. The molecular weight excluding hydrogens is 174 g/mol. The van der Waals surface area contributed by atoms with Crippen LogP contribution in [0, 0.1) is 0 Å². The van der Waals surface area contributed by atoms with E-state index in [9.17, 15) is 9.59 Å². The Morgan fingerprint density at radius 2 is 1.64 bits per heavy atom. The van der Waals surface area contributed by atoms with Gasteiger partial charge in [0.25, 0.3) is 0 Å². The third-order valence-corrected chi connectivity index (χ3v) is 0.653. The summed E-state index contributed by atoms with van der Waals surface area (Å²) < 4.78 is 0. The Kier molecular flexibility index (Phi) is 14.6. The average molecular weight is 182 g/mol. The largest absolute Gasteiger partial charge is 1.00 e. The molecule has 7 heteroatoms. The molecule has 11 heavy (non-hydrogen) atoms. The third-order valence-electron chi connectivity index (χ3n) is 0.653. The second-order valence-corrected chi connectivity index (χ2v) is 1.45. The van der Waals surface area contributed by atoms with Crippen LogP contribution in [0.1, 0.15) is 9.27 Å². The van der Waals surface area contributed by atoms with Crippen LogP contribution in [0.15, 0.2) is 0 Å². The zero-order valence-electron chi connectivity index (χ0n) is 8.44. The number of rotatable bonds is 3.